The van der Waals surface area contributed by atoms with E-state index in [-0.39, 0.29) is 38.6 Å². The van der Waals surface area contributed by atoms with E-state index in [1.807, 2.05) is 0 Å². The second kappa shape index (κ2) is 53.4. The molecule has 66 heavy (non-hydrogen) atoms. The molecule has 0 aromatic carbocycles. The number of phosphoric ester groups is 1. The van der Waals surface area contributed by atoms with Crippen LogP contribution >= 0.6 is 7.82 Å². The van der Waals surface area contributed by atoms with Gasteiger partial charge in [-0.05, 0) is 12.8 Å². The number of unbranched alkanes of at least 4 members (excludes halogenated alkanes) is 43. The molecule has 0 aliphatic carbocycles. The van der Waals surface area contributed by atoms with Crippen LogP contribution < -0.4 is 5.73 Å². The number of hydrogen-bond donors (Lipinski definition) is 2. The zero-order valence-electron chi connectivity index (χ0n) is 44.0. The summed E-state index contributed by atoms with van der Waals surface area (Å²) in [7, 11) is -4.38. The summed E-state index contributed by atoms with van der Waals surface area (Å²) < 4.78 is 33.0. The molecule has 0 aliphatic heterocycles. The Hall–Kier alpha value is -0.990. The molecular formula is C56H112NO8P. The van der Waals surface area contributed by atoms with E-state index < -0.39 is 26.5 Å². The highest BCUT2D eigenvalue weighted by molar-refractivity contribution is 7.47. The number of phosphoric acid groups is 1. The van der Waals surface area contributed by atoms with E-state index >= 15 is 0 Å². The predicted octanol–water partition coefficient (Wildman–Crippen LogP) is 17.9. The van der Waals surface area contributed by atoms with Gasteiger partial charge in [0.15, 0.2) is 6.10 Å². The first-order chi connectivity index (χ1) is 32.3. The summed E-state index contributed by atoms with van der Waals surface area (Å²) in [5.41, 5.74) is 5.38. The summed E-state index contributed by atoms with van der Waals surface area (Å²) in [4.78, 5) is 35.2. The lowest BCUT2D eigenvalue weighted by molar-refractivity contribution is -0.161. The van der Waals surface area contributed by atoms with E-state index in [0.29, 0.717) is 6.42 Å². The molecule has 394 valence electrons. The van der Waals surface area contributed by atoms with Crippen molar-refractivity contribution in [3.8, 4) is 0 Å². The topological polar surface area (TPSA) is 134 Å². The van der Waals surface area contributed by atoms with Crippen LogP contribution in [0.3, 0.4) is 0 Å². The zero-order valence-corrected chi connectivity index (χ0v) is 44.9. The van der Waals surface area contributed by atoms with Crippen molar-refractivity contribution in [2.45, 2.75) is 322 Å². The van der Waals surface area contributed by atoms with Crippen LogP contribution in [0, 0.1) is 0 Å². The quantitative estimate of drug-likeness (QED) is 0.0347. The van der Waals surface area contributed by atoms with Gasteiger partial charge >= 0.3 is 19.8 Å². The van der Waals surface area contributed by atoms with Gasteiger partial charge in [0.1, 0.15) is 6.61 Å². The molecule has 10 heteroatoms. The highest BCUT2D eigenvalue weighted by atomic mass is 31.2. The first-order valence-electron chi connectivity index (χ1n) is 29.0. The van der Waals surface area contributed by atoms with E-state index in [2.05, 4.69) is 13.8 Å². The first-order valence-corrected chi connectivity index (χ1v) is 30.5. The molecule has 0 saturated carbocycles. The van der Waals surface area contributed by atoms with Gasteiger partial charge in [0.05, 0.1) is 13.2 Å². The third-order valence-corrected chi connectivity index (χ3v) is 14.2. The highest BCUT2D eigenvalue weighted by Gasteiger charge is 2.26. The Bertz CT molecular complexity index is 1050. The summed E-state index contributed by atoms with van der Waals surface area (Å²) in [5, 5.41) is 0. The molecule has 0 heterocycles. The maximum absolute atomic E-state index is 12.7. The normalized spacial score (nSPS) is 13.0. The highest BCUT2D eigenvalue weighted by Crippen LogP contribution is 2.43. The number of nitrogens with two attached hydrogens (primary N) is 1. The van der Waals surface area contributed by atoms with Gasteiger partial charge < -0.3 is 20.1 Å². The number of hydrogen-bond acceptors (Lipinski definition) is 8. The SMILES string of the molecule is CCCCCCCCCCCCCCCCCCCCCCCCCC(=O)OCC(COP(=O)(O)OCCN)OC(=O)CCCCCCCCCCCCCCCCCCCCCCCC. The molecular weight excluding hydrogens is 846 g/mol. The Morgan fingerprint density at radius 1 is 0.394 bits per heavy atom. The van der Waals surface area contributed by atoms with Gasteiger partial charge in [0, 0.05) is 19.4 Å². The molecule has 0 aromatic heterocycles. The maximum Gasteiger partial charge on any atom is 0.472 e. The number of carbonyl (C=O) groups excluding carboxylic acids is 2. The van der Waals surface area contributed by atoms with Crippen molar-refractivity contribution in [2.75, 3.05) is 26.4 Å². The van der Waals surface area contributed by atoms with Crippen molar-refractivity contribution in [3.05, 3.63) is 0 Å². The van der Waals surface area contributed by atoms with E-state index in [4.69, 9.17) is 24.3 Å². The van der Waals surface area contributed by atoms with Gasteiger partial charge in [0.25, 0.3) is 0 Å². The van der Waals surface area contributed by atoms with Crippen LogP contribution in [-0.4, -0.2) is 49.3 Å². The van der Waals surface area contributed by atoms with Gasteiger partial charge in [0.2, 0.25) is 0 Å². The van der Waals surface area contributed by atoms with Gasteiger partial charge in [-0.15, -0.1) is 0 Å². The van der Waals surface area contributed by atoms with Crippen molar-refractivity contribution in [1.29, 1.82) is 0 Å². The molecule has 2 atom stereocenters. The standard InChI is InChI=1S/C56H112NO8P/c1-3-5-7-9-11-13-15-17-19-21-23-25-27-29-30-32-34-36-38-40-42-44-46-48-55(58)62-52-54(53-64-66(60,61)63-51-50-57)65-56(59)49-47-45-43-41-39-37-35-33-31-28-26-24-22-20-18-16-14-12-10-8-6-4-2/h54H,3-53,57H2,1-2H3,(H,60,61). The van der Waals surface area contributed by atoms with Crippen LogP contribution in [0.4, 0.5) is 0 Å². The van der Waals surface area contributed by atoms with Crippen molar-refractivity contribution in [3.63, 3.8) is 0 Å². The fourth-order valence-corrected chi connectivity index (χ4v) is 9.70. The van der Waals surface area contributed by atoms with Crippen LogP contribution in [0.2, 0.25) is 0 Å². The van der Waals surface area contributed by atoms with Gasteiger partial charge in [-0.2, -0.15) is 0 Å². The lowest BCUT2D eigenvalue weighted by atomic mass is 10.0. The van der Waals surface area contributed by atoms with Crippen LogP contribution in [0.5, 0.6) is 0 Å². The van der Waals surface area contributed by atoms with E-state index in [1.165, 1.54) is 250 Å². The third kappa shape index (κ3) is 52.4. The Labute approximate surface area is 409 Å². The van der Waals surface area contributed by atoms with Crippen molar-refractivity contribution in [2.24, 2.45) is 5.73 Å². The Morgan fingerprint density at radius 2 is 0.652 bits per heavy atom. The largest absolute Gasteiger partial charge is 0.472 e. The Morgan fingerprint density at radius 3 is 0.924 bits per heavy atom. The lowest BCUT2D eigenvalue weighted by Gasteiger charge is -2.19. The van der Waals surface area contributed by atoms with E-state index in [0.717, 1.165) is 32.1 Å². The molecule has 0 radical (unpaired) electrons. The summed E-state index contributed by atoms with van der Waals surface area (Å²) in [5.74, 6) is -0.802. The third-order valence-electron chi connectivity index (χ3n) is 13.2. The summed E-state index contributed by atoms with van der Waals surface area (Å²) in [6, 6.07) is 0. The minimum atomic E-state index is -4.38. The van der Waals surface area contributed by atoms with Crippen LogP contribution in [0.25, 0.3) is 0 Å². The number of rotatable bonds is 56. The second-order valence-corrected chi connectivity index (χ2v) is 21.3. The molecule has 0 fully saturated rings. The first kappa shape index (κ1) is 65.0. The lowest BCUT2D eigenvalue weighted by Crippen LogP contribution is -2.29. The molecule has 9 nitrogen and oxygen atoms in total. The molecule has 0 spiro atoms. The fourth-order valence-electron chi connectivity index (χ4n) is 8.93. The summed E-state index contributed by atoms with van der Waals surface area (Å²) in [6.07, 6.45) is 58.7. The number of ether oxygens (including phenoxy) is 2. The summed E-state index contributed by atoms with van der Waals surface area (Å²) in [6.45, 7) is 3.83. The van der Waals surface area contributed by atoms with Crippen LogP contribution in [0.15, 0.2) is 0 Å². The van der Waals surface area contributed by atoms with E-state index in [1.54, 1.807) is 0 Å². The summed E-state index contributed by atoms with van der Waals surface area (Å²) >= 11 is 0. The Kier molecular flexibility index (Phi) is 52.6. The molecule has 3 N–H and O–H groups in total. The van der Waals surface area contributed by atoms with Crippen molar-refractivity contribution < 1.29 is 37.6 Å². The monoisotopic (exact) mass is 958 g/mol. The molecule has 0 rings (SSSR count). The van der Waals surface area contributed by atoms with E-state index in [9.17, 15) is 19.0 Å². The molecule has 0 aromatic rings. The van der Waals surface area contributed by atoms with Crippen molar-refractivity contribution in [1.82, 2.24) is 0 Å². The molecule has 0 saturated heterocycles. The fraction of sp³-hybridized carbons (Fsp3) is 0.964. The smallest absolute Gasteiger partial charge is 0.462 e. The average molecular weight is 958 g/mol. The van der Waals surface area contributed by atoms with Crippen LogP contribution in [-0.2, 0) is 32.7 Å². The van der Waals surface area contributed by atoms with Gasteiger partial charge in [-0.25, -0.2) is 4.57 Å². The minimum absolute atomic E-state index is 0.0586. The molecule has 0 aliphatic rings. The molecule has 2 unspecified atom stereocenters. The van der Waals surface area contributed by atoms with Crippen molar-refractivity contribution >= 4 is 19.8 Å². The minimum Gasteiger partial charge on any atom is -0.462 e. The molecule has 0 bridgehead atoms. The average Bonchev–Trinajstić information content (AvgIpc) is 3.31. The Balaban J connectivity index is 3.91. The zero-order chi connectivity index (χ0) is 48.1. The predicted molar refractivity (Wildman–Crippen MR) is 280 cm³/mol. The van der Waals surface area contributed by atoms with Crippen LogP contribution in [0.1, 0.15) is 316 Å². The second-order valence-electron chi connectivity index (χ2n) is 19.9. The number of esters is 2. The molecule has 0 amide bonds. The maximum atomic E-state index is 12.7. The number of carbonyl (C=O) groups is 2. The van der Waals surface area contributed by atoms with Gasteiger partial charge in [-0.1, -0.05) is 290 Å². The van der Waals surface area contributed by atoms with Gasteiger partial charge in [-0.3, -0.25) is 18.6 Å².